The SMILES string of the molecule is CCC1CCC(C(NC)C2CC2C)CC1. The molecule has 3 atom stereocenters. The normalized spacial score (nSPS) is 42.6. The van der Waals surface area contributed by atoms with Gasteiger partial charge in [0.1, 0.15) is 0 Å². The molecule has 0 aliphatic heterocycles. The zero-order valence-electron chi connectivity index (χ0n) is 10.6. The van der Waals surface area contributed by atoms with Gasteiger partial charge in [-0.1, -0.05) is 33.1 Å². The summed E-state index contributed by atoms with van der Waals surface area (Å²) in [5, 5.41) is 3.60. The van der Waals surface area contributed by atoms with Crippen molar-refractivity contribution in [1.29, 1.82) is 0 Å². The van der Waals surface area contributed by atoms with Crippen molar-refractivity contribution in [2.45, 2.75) is 58.4 Å². The molecule has 2 saturated carbocycles. The maximum absolute atomic E-state index is 3.60. The predicted octanol–water partition coefficient (Wildman–Crippen LogP) is 3.45. The Balaban J connectivity index is 1.82. The Morgan fingerprint density at radius 2 is 1.80 bits per heavy atom. The first-order chi connectivity index (χ1) is 7.26. The fourth-order valence-electron chi connectivity index (χ4n) is 3.61. The van der Waals surface area contributed by atoms with Crippen molar-refractivity contribution in [1.82, 2.24) is 5.32 Å². The zero-order chi connectivity index (χ0) is 10.8. The third kappa shape index (κ3) is 2.55. The highest BCUT2D eigenvalue weighted by molar-refractivity contribution is 4.96. The van der Waals surface area contributed by atoms with E-state index >= 15 is 0 Å². The minimum Gasteiger partial charge on any atom is -0.316 e. The third-order valence-electron chi connectivity index (χ3n) is 4.94. The molecule has 2 rings (SSSR count). The standard InChI is InChI=1S/C14H27N/c1-4-11-5-7-12(8-6-11)14(15-3)13-9-10(13)2/h10-15H,4-9H2,1-3H3. The Morgan fingerprint density at radius 3 is 2.20 bits per heavy atom. The van der Waals surface area contributed by atoms with Gasteiger partial charge in [-0.2, -0.15) is 0 Å². The third-order valence-corrected chi connectivity index (χ3v) is 4.94. The summed E-state index contributed by atoms with van der Waals surface area (Å²) >= 11 is 0. The minimum absolute atomic E-state index is 0.831. The number of hydrogen-bond acceptors (Lipinski definition) is 1. The van der Waals surface area contributed by atoms with Crippen molar-refractivity contribution in [2.24, 2.45) is 23.7 Å². The van der Waals surface area contributed by atoms with Gasteiger partial charge in [0.15, 0.2) is 0 Å². The van der Waals surface area contributed by atoms with Crippen LogP contribution in [0.25, 0.3) is 0 Å². The molecule has 1 N–H and O–H groups in total. The maximum atomic E-state index is 3.60. The van der Waals surface area contributed by atoms with Crippen LogP contribution in [0.5, 0.6) is 0 Å². The zero-order valence-corrected chi connectivity index (χ0v) is 10.6. The Morgan fingerprint density at radius 1 is 1.20 bits per heavy atom. The summed E-state index contributed by atoms with van der Waals surface area (Å²) in [4.78, 5) is 0. The molecule has 0 aromatic rings. The molecule has 1 heteroatoms. The van der Waals surface area contributed by atoms with Crippen molar-refractivity contribution in [3.8, 4) is 0 Å². The first-order valence-electron chi connectivity index (χ1n) is 6.93. The van der Waals surface area contributed by atoms with Gasteiger partial charge in [0, 0.05) is 6.04 Å². The Kier molecular flexibility index (Phi) is 3.71. The van der Waals surface area contributed by atoms with E-state index in [4.69, 9.17) is 0 Å². The van der Waals surface area contributed by atoms with Gasteiger partial charge in [-0.15, -0.1) is 0 Å². The van der Waals surface area contributed by atoms with E-state index in [2.05, 4.69) is 26.2 Å². The predicted molar refractivity (Wildman–Crippen MR) is 65.9 cm³/mol. The summed E-state index contributed by atoms with van der Waals surface area (Å²) in [7, 11) is 2.17. The Hall–Kier alpha value is -0.0400. The van der Waals surface area contributed by atoms with E-state index in [1.807, 2.05) is 0 Å². The molecule has 0 bridgehead atoms. The molecule has 2 aliphatic carbocycles. The first kappa shape index (κ1) is 11.4. The van der Waals surface area contributed by atoms with Crippen LogP contribution in [-0.4, -0.2) is 13.1 Å². The summed E-state index contributed by atoms with van der Waals surface area (Å²) in [6.07, 6.45) is 8.80. The van der Waals surface area contributed by atoms with Gasteiger partial charge in [-0.05, 0) is 50.0 Å². The van der Waals surface area contributed by atoms with E-state index in [1.54, 1.807) is 0 Å². The van der Waals surface area contributed by atoms with Gasteiger partial charge in [-0.25, -0.2) is 0 Å². The van der Waals surface area contributed by atoms with Crippen molar-refractivity contribution in [3.05, 3.63) is 0 Å². The molecule has 1 nitrogen and oxygen atoms in total. The molecule has 3 unspecified atom stereocenters. The van der Waals surface area contributed by atoms with Crippen LogP contribution in [0.3, 0.4) is 0 Å². The largest absolute Gasteiger partial charge is 0.316 e. The highest BCUT2D eigenvalue weighted by Gasteiger charge is 2.42. The van der Waals surface area contributed by atoms with E-state index in [0.717, 1.165) is 29.7 Å². The first-order valence-corrected chi connectivity index (χ1v) is 6.93. The van der Waals surface area contributed by atoms with Gasteiger partial charge < -0.3 is 5.32 Å². The number of rotatable bonds is 4. The van der Waals surface area contributed by atoms with Crippen molar-refractivity contribution in [3.63, 3.8) is 0 Å². The van der Waals surface area contributed by atoms with Gasteiger partial charge in [0.05, 0.1) is 0 Å². The molecule has 0 aromatic heterocycles. The van der Waals surface area contributed by atoms with Gasteiger partial charge in [0.25, 0.3) is 0 Å². The summed E-state index contributed by atoms with van der Waals surface area (Å²) < 4.78 is 0. The Labute approximate surface area is 95.0 Å². The molecular weight excluding hydrogens is 182 g/mol. The summed E-state index contributed by atoms with van der Waals surface area (Å²) in [5.41, 5.74) is 0. The molecule has 0 amide bonds. The fraction of sp³-hybridized carbons (Fsp3) is 1.00. The van der Waals surface area contributed by atoms with Crippen LogP contribution < -0.4 is 5.32 Å². The second kappa shape index (κ2) is 4.86. The summed E-state index contributed by atoms with van der Waals surface area (Å²) in [6, 6.07) is 0.831. The smallest absolute Gasteiger partial charge is 0.0123 e. The van der Waals surface area contributed by atoms with Crippen LogP contribution in [0.1, 0.15) is 52.4 Å². The van der Waals surface area contributed by atoms with Gasteiger partial charge in [0.2, 0.25) is 0 Å². The van der Waals surface area contributed by atoms with Gasteiger partial charge in [-0.3, -0.25) is 0 Å². The summed E-state index contributed by atoms with van der Waals surface area (Å²) in [5.74, 6) is 4.01. The highest BCUT2D eigenvalue weighted by atomic mass is 14.9. The molecule has 0 spiro atoms. The van der Waals surface area contributed by atoms with Crippen LogP contribution in [0, 0.1) is 23.7 Å². The van der Waals surface area contributed by atoms with E-state index in [1.165, 1.54) is 38.5 Å². The lowest BCUT2D eigenvalue weighted by Crippen LogP contribution is -2.38. The van der Waals surface area contributed by atoms with Gasteiger partial charge >= 0.3 is 0 Å². The molecule has 88 valence electrons. The van der Waals surface area contributed by atoms with Crippen LogP contribution >= 0.6 is 0 Å². The number of nitrogens with one attached hydrogen (secondary N) is 1. The average molecular weight is 209 g/mol. The lowest BCUT2D eigenvalue weighted by molar-refractivity contribution is 0.206. The van der Waals surface area contributed by atoms with E-state index in [0.29, 0.717) is 0 Å². The van der Waals surface area contributed by atoms with Crippen LogP contribution in [0.4, 0.5) is 0 Å². The topological polar surface area (TPSA) is 12.0 Å². The molecule has 0 heterocycles. The van der Waals surface area contributed by atoms with Crippen molar-refractivity contribution >= 4 is 0 Å². The molecular formula is C14H27N. The Bertz CT molecular complexity index is 194. The van der Waals surface area contributed by atoms with Crippen molar-refractivity contribution < 1.29 is 0 Å². The van der Waals surface area contributed by atoms with Crippen LogP contribution in [0.2, 0.25) is 0 Å². The summed E-state index contributed by atoms with van der Waals surface area (Å²) in [6.45, 7) is 4.76. The minimum atomic E-state index is 0.831. The molecule has 0 aromatic carbocycles. The molecule has 0 radical (unpaired) electrons. The van der Waals surface area contributed by atoms with E-state index < -0.39 is 0 Å². The fourth-order valence-corrected chi connectivity index (χ4v) is 3.61. The molecule has 2 aliphatic rings. The maximum Gasteiger partial charge on any atom is 0.0123 e. The lowest BCUT2D eigenvalue weighted by Gasteiger charge is -2.34. The average Bonchev–Trinajstić information content (AvgIpc) is 2.98. The second-order valence-electron chi connectivity index (χ2n) is 5.88. The molecule has 15 heavy (non-hydrogen) atoms. The van der Waals surface area contributed by atoms with Crippen LogP contribution in [-0.2, 0) is 0 Å². The second-order valence-corrected chi connectivity index (χ2v) is 5.88. The van der Waals surface area contributed by atoms with Crippen molar-refractivity contribution in [2.75, 3.05) is 7.05 Å². The van der Waals surface area contributed by atoms with E-state index in [9.17, 15) is 0 Å². The monoisotopic (exact) mass is 209 g/mol. The van der Waals surface area contributed by atoms with Crippen LogP contribution in [0.15, 0.2) is 0 Å². The lowest BCUT2D eigenvalue weighted by atomic mass is 9.76. The molecule has 2 fully saturated rings. The highest BCUT2D eigenvalue weighted by Crippen LogP contribution is 2.46. The van der Waals surface area contributed by atoms with E-state index in [-0.39, 0.29) is 0 Å². The quantitative estimate of drug-likeness (QED) is 0.748. The molecule has 0 saturated heterocycles. The number of hydrogen-bond donors (Lipinski definition) is 1.